The zero-order chi connectivity index (χ0) is 12.8. The monoisotopic (exact) mass is 242 g/mol. The second kappa shape index (κ2) is 6.37. The Kier molecular flexibility index (Phi) is 4.55. The van der Waals surface area contributed by atoms with Crippen LogP contribution in [-0.4, -0.2) is 18.0 Å². The first-order chi connectivity index (χ1) is 8.79. The summed E-state index contributed by atoms with van der Waals surface area (Å²) in [6.45, 7) is 0. The largest absolute Gasteiger partial charge is 0.374 e. The number of carbonyl (C=O) groups excluding carboxylic acids is 1. The number of ether oxygens (including phenoxy) is 1. The van der Waals surface area contributed by atoms with Crippen molar-refractivity contribution in [3.05, 3.63) is 35.9 Å². The molecule has 2 nitrogen and oxygen atoms in total. The third-order valence-electron chi connectivity index (χ3n) is 3.29. The Balaban J connectivity index is 1.90. The summed E-state index contributed by atoms with van der Waals surface area (Å²) in [5.74, 6) is 2.79. The highest BCUT2D eigenvalue weighted by Gasteiger charge is 2.24. The number of rotatable bonds is 4. The summed E-state index contributed by atoms with van der Waals surface area (Å²) in [5.41, 5.74) is 0.764. The third kappa shape index (κ3) is 3.45. The van der Waals surface area contributed by atoms with Crippen LogP contribution in [-0.2, 0) is 4.74 Å². The Labute approximate surface area is 108 Å². The molecule has 2 heteroatoms. The Morgan fingerprint density at radius 3 is 2.72 bits per heavy atom. The van der Waals surface area contributed by atoms with E-state index in [1.165, 1.54) is 0 Å². The molecule has 0 N–H and O–H groups in total. The molecular formula is C16H18O2. The number of ketones is 1. The number of hydrogen-bond acceptors (Lipinski definition) is 2. The van der Waals surface area contributed by atoms with Gasteiger partial charge in [-0.2, -0.15) is 0 Å². The maximum atomic E-state index is 12.1. The molecule has 18 heavy (non-hydrogen) atoms. The van der Waals surface area contributed by atoms with Gasteiger partial charge in [0, 0.05) is 18.4 Å². The second-order valence-corrected chi connectivity index (χ2v) is 4.71. The molecule has 0 radical (unpaired) electrons. The van der Waals surface area contributed by atoms with E-state index in [9.17, 15) is 4.79 Å². The zero-order valence-corrected chi connectivity index (χ0v) is 10.5. The van der Waals surface area contributed by atoms with Gasteiger partial charge in [-0.1, -0.05) is 30.3 Å². The van der Waals surface area contributed by atoms with Gasteiger partial charge in [-0.15, -0.1) is 12.3 Å². The summed E-state index contributed by atoms with van der Waals surface area (Å²) >= 11 is 0. The first-order valence-corrected chi connectivity index (χ1v) is 6.46. The lowest BCUT2D eigenvalue weighted by Gasteiger charge is -2.28. The minimum absolute atomic E-state index is 0.0322. The maximum absolute atomic E-state index is 12.1. The van der Waals surface area contributed by atoms with Crippen LogP contribution >= 0.6 is 0 Å². The van der Waals surface area contributed by atoms with Crippen LogP contribution < -0.4 is 0 Å². The molecule has 1 heterocycles. The number of Topliss-reactive ketones (excluding diaryl/α,β-unsaturated/α-hetero) is 1. The lowest BCUT2D eigenvalue weighted by atomic mass is 9.97. The van der Waals surface area contributed by atoms with E-state index in [-0.39, 0.29) is 18.0 Å². The molecule has 1 fully saturated rings. The summed E-state index contributed by atoms with van der Waals surface area (Å²) in [4.78, 5) is 12.1. The van der Waals surface area contributed by atoms with E-state index in [4.69, 9.17) is 11.2 Å². The first-order valence-electron chi connectivity index (χ1n) is 6.46. The summed E-state index contributed by atoms with van der Waals surface area (Å²) < 4.78 is 5.86. The van der Waals surface area contributed by atoms with Crippen LogP contribution in [0.4, 0.5) is 0 Å². The zero-order valence-electron chi connectivity index (χ0n) is 10.5. The molecule has 0 bridgehead atoms. The smallest absolute Gasteiger partial charge is 0.165 e. The van der Waals surface area contributed by atoms with Gasteiger partial charge < -0.3 is 4.74 Å². The molecule has 1 saturated heterocycles. The van der Waals surface area contributed by atoms with Gasteiger partial charge in [0.05, 0.1) is 12.2 Å². The topological polar surface area (TPSA) is 26.3 Å². The van der Waals surface area contributed by atoms with Gasteiger partial charge in [0.2, 0.25) is 0 Å². The lowest BCUT2D eigenvalue weighted by Crippen LogP contribution is -2.29. The average Bonchev–Trinajstić information content (AvgIpc) is 2.40. The Morgan fingerprint density at radius 2 is 2.00 bits per heavy atom. The van der Waals surface area contributed by atoms with E-state index in [1.807, 2.05) is 30.3 Å². The molecule has 0 saturated carbocycles. The normalized spacial score (nSPS) is 23.3. The van der Waals surface area contributed by atoms with Gasteiger partial charge in [0.1, 0.15) is 0 Å². The number of hydrogen-bond donors (Lipinski definition) is 0. The summed E-state index contributed by atoms with van der Waals surface area (Å²) in [7, 11) is 0. The predicted molar refractivity (Wildman–Crippen MR) is 71.4 cm³/mol. The van der Waals surface area contributed by atoms with Crippen molar-refractivity contribution in [1.29, 1.82) is 0 Å². The fraction of sp³-hybridized carbons (Fsp3) is 0.438. The average molecular weight is 242 g/mol. The number of carbonyl (C=O) groups is 1. The van der Waals surface area contributed by atoms with Crippen LogP contribution in [0, 0.1) is 12.3 Å². The SMILES string of the molecule is C#CC[C@H]1CCC[C@@H](CC(=O)c2ccccc2)O1. The van der Waals surface area contributed by atoms with Gasteiger partial charge in [-0.05, 0) is 19.3 Å². The van der Waals surface area contributed by atoms with E-state index in [0.717, 1.165) is 24.8 Å². The quantitative estimate of drug-likeness (QED) is 0.598. The van der Waals surface area contributed by atoms with Crippen molar-refractivity contribution in [2.24, 2.45) is 0 Å². The van der Waals surface area contributed by atoms with Crippen molar-refractivity contribution in [1.82, 2.24) is 0 Å². The highest BCUT2D eigenvalue weighted by molar-refractivity contribution is 5.96. The van der Waals surface area contributed by atoms with Crippen LogP contribution in [0.5, 0.6) is 0 Å². The molecule has 0 spiro atoms. The Bertz CT molecular complexity index is 430. The summed E-state index contributed by atoms with van der Waals surface area (Å²) in [6, 6.07) is 9.39. The predicted octanol–water partition coefficient (Wildman–Crippen LogP) is 3.22. The molecular weight excluding hydrogens is 224 g/mol. The van der Waals surface area contributed by atoms with Crippen molar-refractivity contribution in [2.45, 2.75) is 44.3 Å². The van der Waals surface area contributed by atoms with E-state index in [0.29, 0.717) is 12.8 Å². The molecule has 0 unspecified atom stereocenters. The number of terminal acetylenes is 1. The Hall–Kier alpha value is -1.59. The molecule has 94 valence electrons. The molecule has 1 aliphatic heterocycles. The van der Waals surface area contributed by atoms with Crippen molar-refractivity contribution in [3.63, 3.8) is 0 Å². The van der Waals surface area contributed by atoms with Crippen molar-refractivity contribution < 1.29 is 9.53 Å². The second-order valence-electron chi connectivity index (χ2n) is 4.71. The molecule has 1 aromatic rings. The fourth-order valence-electron chi connectivity index (χ4n) is 2.36. The highest BCUT2D eigenvalue weighted by atomic mass is 16.5. The van der Waals surface area contributed by atoms with Crippen molar-refractivity contribution in [3.8, 4) is 12.3 Å². The molecule has 2 atom stereocenters. The molecule has 0 amide bonds. The maximum Gasteiger partial charge on any atom is 0.165 e. The molecule has 0 aromatic heterocycles. The van der Waals surface area contributed by atoms with E-state index in [1.54, 1.807) is 0 Å². The van der Waals surface area contributed by atoms with Gasteiger partial charge in [-0.3, -0.25) is 4.79 Å². The summed E-state index contributed by atoms with van der Waals surface area (Å²) in [6.07, 6.45) is 9.65. The lowest BCUT2D eigenvalue weighted by molar-refractivity contribution is -0.0459. The highest BCUT2D eigenvalue weighted by Crippen LogP contribution is 2.24. The van der Waals surface area contributed by atoms with Crippen LogP contribution in [0.2, 0.25) is 0 Å². The standard InChI is InChI=1S/C16H18O2/c1-2-7-14-10-6-11-15(18-14)12-16(17)13-8-4-3-5-9-13/h1,3-5,8-9,14-15H,6-7,10-12H2/t14-,15-/m0/s1. The van der Waals surface area contributed by atoms with Gasteiger partial charge in [-0.25, -0.2) is 0 Å². The van der Waals surface area contributed by atoms with E-state index >= 15 is 0 Å². The van der Waals surface area contributed by atoms with E-state index in [2.05, 4.69) is 5.92 Å². The molecule has 1 aliphatic rings. The minimum atomic E-state index is 0.0322. The van der Waals surface area contributed by atoms with Crippen LogP contribution in [0.25, 0.3) is 0 Å². The van der Waals surface area contributed by atoms with Crippen LogP contribution in [0.1, 0.15) is 42.5 Å². The van der Waals surface area contributed by atoms with Gasteiger partial charge in [0.25, 0.3) is 0 Å². The van der Waals surface area contributed by atoms with Crippen molar-refractivity contribution in [2.75, 3.05) is 0 Å². The van der Waals surface area contributed by atoms with Gasteiger partial charge in [0.15, 0.2) is 5.78 Å². The molecule has 0 aliphatic carbocycles. The third-order valence-corrected chi connectivity index (χ3v) is 3.29. The van der Waals surface area contributed by atoms with Crippen LogP contribution in [0.15, 0.2) is 30.3 Å². The summed E-state index contributed by atoms with van der Waals surface area (Å²) in [5, 5.41) is 0. The molecule has 1 aromatic carbocycles. The number of benzene rings is 1. The van der Waals surface area contributed by atoms with Gasteiger partial charge >= 0.3 is 0 Å². The van der Waals surface area contributed by atoms with Crippen LogP contribution in [0.3, 0.4) is 0 Å². The Morgan fingerprint density at radius 1 is 1.28 bits per heavy atom. The van der Waals surface area contributed by atoms with Crippen molar-refractivity contribution >= 4 is 5.78 Å². The minimum Gasteiger partial charge on any atom is -0.374 e. The fourth-order valence-corrected chi connectivity index (χ4v) is 2.36. The molecule has 2 rings (SSSR count). The first kappa shape index (κ1) is 12.9. The van der Waals surface area contributed by atoms with E-state index < -0.39 is 0 Å².